The number of benzene rings is 3. The van der Waals surface area contributed by atoms with Gasteiger partial charge in [-0.2, -0.15) is 0 Å². The molecule has 172 valence electrons. The molecule has 0 fully saturated rings. The van der Waals surface area contributed by atoms with E-state index in [2.05, 4.69) is 16.1 Å². The fourth-order valence-electron chi connectivity index (χ4n) is 4.13. The Labute approximate surface area is 202 Å². The third-order valence-corrected chi connectivity index (χ3v) is 8.40. The van der Waals surface area contributed by atoms with Gasteiger partial charge in [0, 0.05) is 11.6 Å². The lowest BCUT2D eigenvalue weighted by Crippen LogP contribution is -2.29. The lowest BCUT2D eigenvalue weighted by atomic mass is 9.82. The van der Waals surface area contributed by atoms with E-state index in [4.69, 9.17) is 4.98 Å². The Morgan fingerprint density at radius 3 is 2.44 bits per heavy atom. The van der Waals surface area contributed by atoms with Gasteiger partial charge in [0.25, 0.3) is 10.0 Å². The van der Waals surface area contributed by atoms with Crippen LogP contribution in [0, 0.1) is 5.92 Å². The first kappa shape index (κ1) is 22.3. The summed E-state index contributed by atoms with van der Waals surface area (Å²) in [6, 6.07) is 22.9. The van der Waals surface area contributed by atoms with E-state index >= 15 is 0 Å². The molecule has 0 spiro atoms. The summed E-state index contributed by atoms with van der Waals surface area (Å²) in [5.74, 6) is -0.353. The summed E-state index contributed by atoms with van der Waals surface area (Å²) in [4.78, 5) is 18.2. The molecule has 3 aromatic carbocycles. The molecule has 0 saturated carbocycles. The molecular weight excluding hydrogens is 466 g/mol. The number of anilines is 2. The molecule has 1 aromatic heterocycles. The van der Waals surface area contributed by atoms with Crippen molar-refractivity contribution in [3.05, 3.63) is 96.0 Å². The summed E-state index contributed by atoms with van der Waals surface area (Å²) < 4.78 is 29.0. The maximum Gasteiger partial charge on any atom is 0.261 e. The molecule has 8 heteroatoms. The van der Waals surface area contributed by atoms with Crippen molar-refractivity contribution in [3.63, 3.8) is 0 Å². The molecule has 1 aliphatic rings. The van der Waals surface area contributed by atoms with Gasteiger partial charge < -0.3 is 5.32 Å². The van der Waals surface area contributed by atoms with E-state index < -0.39 is 10.0 Å². The normalized spacial score (nSPS) is 18.0. The standard InChI is InChI=1S/C26H23N3O3S2/c30-25(21-13-4-5-14-22(21)26-28-23-15-6-7-16-24(23)33-26)27-18-9-8-10-19(17-18)29-34(31,32)20-11-2-1-3-12-20/h1-12,15-17,21-22,29H,13-14H2,(H,27,30). The van der Waals surface area contributed by atoms with E-state index in [0.717, 1.165) is 21.6 Å². The number of fused-ring (bicyclic) bond motifs is 1. The summed E-state index contributed by atoms with van der Waals surface area (Å²) in [5.41, 5.74) is 1.87. The monoisotopic (exact) mass is 489 g/mol. The lowest BCUT2D eigenvalue weighted by Gasteiger charge is -2.26. The minimum atomic E-state index is -3.72. The number of rotatable bonds is 6. The van der Waals surface area contributed by atoms with Gasteiger partial charge in [0.2, 0.25) is 5.91 Å². The van der Waals surface area contributed by atoms with Gasteiger partial charge in [-0.05, 0) is 55.3 Å². The molecule has 1 heterocycles. The Balaban J connectivity index is 1.34. The molecule has 0 radical (unpaired) electrons. The van der Waals surface area contributed by atoms with Gasteiger partial charge in [-0.15, -0.1) is 11.3 Å². The smallest absolute Gasteiger partial charge is 0.261 e. The van der Waals surface area contributed by atoms with Crippen LogP contribution in [-0.2, 0) is 14.8 Å². The predicted octanol–water partition coefficient (Wildman–Crippen LogP) is 5.79. The molecule has 5 rings (SSSR count). The zero-order valence-corrected chi connectivity index (χ0v) is 19.9. The molecule has 2 N–H and O–H groups in total. The molecule has 4 aromatic rings. The minimum absolute atomic E-state index is 0.00201. The Morgan fingerprint density at radius 1 is 0.882 bits per heavy atom. The maximum atomic E-state index is 13.3. The number of para-hydroxylation sites is 1. The van der Waals surface area contributed by atoms with Crippen LogP contribution in [-0.4, -0.2) is 19.3 Å². The van der Waals surface area contributed by atoms with Crippen LogP contribution in [0.1, 0.15) is 23.8 Å². The van der Waals surface area contributed by atoms with Crippen molar-refractivity contribution in [3.8, 4) is 0 Å². The van der Waals surface area contributed by atoms with E-state index in [1.807, 2.05) is 30.3 Å². The van der Waals surface area contributed by atoms with Gasteiger partial charge in [0.05, 0.1) is 31.7 Å². The number of thiazole rings is 1. The molecule has 0 saturated heterocycles. The minimum Gasteiger partial charge on any atom is -0.326 e. The van der Waals surface area contributed by atoms with E-state index in [1.54, 1.807) is 53.8 Å². The fraction of sp³-hybridized carbons (Fsp3) is 0.154. The Bertz CT molecular complexity index is 1430. The molecule has 34 heavy (non-hydrogen) atoms. The number of carbonyl (C=O) groups is 1. The van der Waals surface area contributed by atoms with Gasteiger partial charge >= 0.3 is 0 Å². The number of carbonyl (C=O) groups excluding carboxylic acids is 1. The zero-order chi connectivity index (χ0) is 23.5. The Hall–Kier alpha value is -3.49. The van der Waals surface area contributed by atoms with Crippen LogP contribution in [0.15, 0.2) is 95.9 Å². The van der Waals surface area contributed by atoms with Crippen LogP contribution in [0.4, 0.5) is 11.4 Å². The third kappa shape index (κ3) is 4.73. The number of allylic oxidation sites excluding steroid dienone is 2. The SMILES string of the molecule is O=C(Nc1cccc(NS(=O)(=O)c2ccccc2)c1)C1CC=CCC1c1nc2ccccc2s1. The van der Waals surface area contributed by atoms with Crippen molar-refractivity contribution >= 4 is 48.9 Å². The third-order valence-electron chi connectivity index (χ3n) is 5.83. The van der Waals surface area contributed by atoms with Gasteiger partial charge in [-0.3, -0.25) is 9.52 Å². The van der Waals surface area contributed by atoms with Crippen LogP contribution in [0.2, 0.25) is 0 Å². The van der Waals surface area contributed by atoms with Crippen molar-refractivity contribution in [2.75, 3.05) is 10.0 Å². The topological polar surface area (TPSA) is 88.2 Å². The van der Waals surface area contributed by atoms with Crippen molar-refractivity contribution in [2.45, 2.75) is 23.7 Å². The highest BCUT2D eigenvalue weighted by Gasteiger charge is 2.32. The molecule has 6 nitrogen and oxygen atoms in total. The van der Waals surface area contributed by atoms with Gasteiger partial charge in [0.15, 0.2) is 0 Å². The summed E-state index contributed by atoms with van der Waals surface area (Å²) >= 11 is 1.64. The number of aromatic nitrogens is 1. The van der Waals surface area contributed by atoms with Crippen molar-refractivity contribution in [1.29, 1.82) is 0 Å². The van der Waals surface area contributed by atoms with E-state index in [1.165, 1.54) is 12.1 Å². The molecular formula is C26H23N3O3S2. The molecule has 2 unspecified atom stereocenters. The highest BCUT2D eigenvalue weighted by Crippen LogP contribution is 2.39. The summed E-state index contributed by atoms with van der Waals surface area (Å²) in [7, 11) is -3.72. The summed E-state index contributed by atoms with van der Waals surface area (Å²) in [5, 5.41) is 3.95. The average Bonchev–Trinajstić information content (AvgIpc) is 3.29. The Morgan fingerprint density at radius 2 is 1.62 bits per heavy atom. The van der Waals surface area contributed by atoms with Crippen molar-refractivity contribution in [2.24, 2.45) is 5.92 Å². The summed E-state index contributed by atoms with van der Waals surface area (Å²) in [6.45, 7) is 0. The largest absolute Gasteiger partial charge is 0.326 e. The lowest BCUT2D eigenvalue weighted by molar-refractivity contribution is -0.120. The fourth-order valence-corrected chi connectivity index (χ4v) is 6.35. The van der Waals surface area contributed by atoms with Crippen LogP contribution in [0.3, 0.4) is 0 Å². The molecule has 1 amide bonds. The highest BCUT2D eigenvalue weighted by molar-refractivity contribution is 7.92. The van der Waals surface area contributed by atoms with E-state index in [-0.39, 0.29) is 22.6 Å². The van der Waals surface area contributed by atoms with Crippen LogP contribution >= 0.6 is 11.3 Å². The molecule has 1 aliphatic carbocycles. The van der Waals surface area contributed by atoms with Crippen molar-refractivity contribution < 1.29 is 13.2 Å². The number of sulfonamides is 1. The maximum absolute atomic E-state index is 13.3. The van der Waals surface area contributed by atoms with Crippen LogP contribution < -0.4 is 10.0 Å². The second-order valence-electron chi connectivity index (χ2n) is 8.16. The molecule has 0 bridgehead atoms. The van der Waals surface area contributed by atoms with Crippen LogP contribution in [0.5, 0.6) is 0 Å². The van der Waals surface area contributed by atoms with Crippen molar-refractivity contribution in [1.82, 2.24) is 4.98 Å². The number of hydrogen-bond acceptors (Lipinski definition) is 5. The van der Waals surface area contributed by atoms with E-state index in [9.17, 15) is 13.2 Å². The molecule has 0 aliphatic heterocycles. The second kappa shape index (κ2) is 9.40. The number of nitrogens with one attached hydrogen (secondary N) is 2. The molecule has 2 atom stereocenters. The predicted molar refractivity (Wildman–Crippen MR) is 137 cm³/mol. The van der Waals surface area contributed by atoms with Gasteiger partial charge in [0.1, 0.15) is 0 Å². The summed E-state index contributed by atoms with van der Waals surface area (Å²) in [6.07, 6.45) is 5.54. The van der Waals surface area contributed by atoms with E-state index in [0.29, 0.717) is 17.8 Å². The first-order chi connectivity index (χ1) is 16.5. The first-order valence-corrected chi connectivity index (χ1v) is 13.3. The Kier molecular flexibility index (Phi) is 6.17. The van der Waals surface area contributed by atoms with Gasteiger partial charge in [-0.25, -0.2) is 13.4 Å². The number of nitrogens with zero attached hydrogens (tertiary/aromatic N) is 1. The zero-order valence-electron chi connectivity index (χ0n) is 18.2. The second-order valence-corrected chi connectivity index (χ2v) is 10.9. The average molecular weight is 490 g/mol. The van der Waals surface area contributed by atoms with Gasteiger partial charge in [-0.1, -0.05) is 48.6 Å². The first-order valence-electron chi connectivity index (χ1n) is 11.0. The van der Waals surface area contributed by atoms with Crippen LogP contribution in [0.25, 0.3) is 10.2 Å². The number of amides is 1. The number of hydrogen-bond donors (Lipinski definition) is 2. The quantitative estimate of drug-likeness (QED) is 0.336. The highest BCUT2D eigenvalue weighted by atomic mass is 32.2.